The Bertz CT molecular complexity index is 1770. The second-order valence-electron chi connectivity index (χ2n) is 7.96. The molecule has 0 saturated carbocycles. The summed E-state index contributed by atoms with van der Waals surface area (Å²) in [5.74, 6) is 0.720. The van der Waals surface area contributed by atoms with E-state index in [1.807, 2.05) is 0 Å². The minimum Gasteiger partial charge on any atom is -0.744 e. The monoisotopic (exact) mass is 587 g/mol. The molecule has 0 aliphatic heterocycles. The maximum absolute atomic E-state index is 13.8. The number of fused-ring (bicyclic) bond motifs is 1. The van der Waals surface area contributed by atoms with Crippen LogP contribution in [-0.4, -0.2) is 53.8 Å². The van der Waals surface area contributed by atoms with Crippen molar-refractivity contribution in [1.82, 2.24) is 13.9 Å². The summed E-state index contributed by atoms with van der Waals surface area (Å²) in [5, 5.41) is -0.373. The Morgan fingerprint density at radius 3 is 2.26 bits per heavy atom. The van der Waals surface area contributed by atoms with Crippen molar-refractivity contribution in [3.05, 3.63) is 65.5 Å². The van der Waals surface area contributed by atoms with Crippen LogP contribution in [0.5, 0.6) is 11.5 Å². The van der Waals surface area contributed by atoms with E-state index in [1.165, 1.54) is 44.6 Å². The predicted molar refractivity (Wildman–Crippen MR) is 134 cm³/mol. The van der Waals surface area contributed by atoms with Gasteiger partial charge in [-0.2, -0.15) is 0 Å². The van der Waals surface area contributed by atoms with Crippen LogP contribution in [0.2, 0.25) is 0 Å². The van der Waals surface area contributed by atoms with E-state index < -0.39 is 40.7 Å². The largest absolute Gasteiger partial charge is 1.00 e. The van der Waals surface area contributed by atoms with Gasteiger partial charge in [0.05, 0.1) is 52.4 Å². The quantitative estimate of drug-likeness (QED) is 0.195. The molecule has 15 heteroatoms. The van der Waals surface area contributed by atoms with E-state index in [9.17, 15) is 25.6 Å². The number of nitrogens with zero attached hydrogens (tertiary/aromatic N) is 3. The van der Waals surface area contributed by atoms with Crippen LogP contribution in [0.25, 0.3) is 11.0 Å². The van der Waals surface area contributed by atoms with E-state index >= 15 is 0 Å². The zero-order valence-electron chi connectivity index (χ0n) is 21.2. The van der Waals surface area contributed by atoms with Gasteiger partial charge in [-0.1, -0.05) is 12.1 Å². The van der Waals surface area contributed by atoms with Gasteiger partial charge in [0, 0.05) is 23.4 Å². The number of hydrogen-bond acceptors (Lipinski definition) is 10. The summed E-state index contributed by atoms with van der Waals surface area (Å²) in [6, 6.07) is 8.75. The van der Waals surface area contributed by atoms with Crippen molar-refractivity contribution in [2.24, 2.45) is 0 Å². The average Bonchev–Trinajstić information content (AvgIpc) is 3.25. The summed E-state index contributed by atoms with van der Waals surface area (Å²) in [6.45, 7) is 3.55. The number of aromatic nitrogens is 3. The molecule has 1 unspecified atom stereocenters. The molecule has 0 amide bonds. The average molecular weight is 588 g/mol. The Morgan fingerprint density at radius 2 is 1.66 bits per heavy atom. The standard InChI is InChI=1S/C23H23N3O8S3.Na/c1-14-12-24-18(15(2)22(14)34-4)13-35(27)23-25-17-11-16(33-3)9-10-19(17)26(23)36(28,29)20-7-5-6-8-21(20)37(30,31)32;/h5-12H,13H2,1-4H3,(H,30,31,32);/q;+1/p-1. The molecule has 0 bridgehead atoms. The molecule has 0 aliphatic rings. The van der Waals surface area contributed by atoms with Gasteiger partial charge in [0.25, 0.3) is 10.0 Å². The van der Waals surface area contributed by atoms with Crippen LogP contribution in [0.1, 0.15) is 16.8 Å². The third-order valence-corrected chi connectivity index (χ3v) is 9.77. The molecule has 0 N–H and O–H groups in total. The SMILES string of the molecule is COc1ccc2c(c1)nc(S(=O)Cc1ncc(C)c(OC)c1C)n2S(=O)(=O)c1ccccc1S(=O)(=O)[O-].[Na+]. The van der Waals surface area contributed by atoms with Gasteiger partial charge in [-0.15, -0.1) is 0 Å². The molecule has 0 aliphatic carbocycles. The summed E-state index contributed by atoms with van der Waals surface area (Å²) in [6.07, 6.45) is 1.55. The van der Waals surface area contributed by atoms with Crippen LogP contribution in [0.3, 0.4) is 0 Å². The van der Waals surface area contributed by atoms with Gasteiger partial charge < -0.3 is 14.0 Å². The van der Waals surface area contributed by atoms with E-state index in [0.29, 0.717) is 26.7 Å². The number of benzene rings is 2. The summed E-state index contributed by atoms with van der Waals surface area (Å²) >= 11 is 0. The van der Waals surface area contributed by atoms with E-state index in [2.05, 4.69) is 9.97 Å². The van der Waals surface area contributed by atoms with Gasteiger partial charge in [-0.05, 0) is 38.1 Å². The zero-order chi connectivity index (χ0) is 27.1. The van der Waals surface area contributed by atoms with Gasteiger partial charge in [-0.3, -0.25) is 9.19 Å². The molecule has 0 radical (unpaired) electrons. The summed E-state index contributed by atoms with van der Waals surface area (Å²) in [7, 11) is -9.07. The van der Waals surface area contributed by atoms with Crippen molar-refractivity contribution in [3.8, 4) is 11.5 Å². The minimum atomic E-state index is -5.15. The van der Waals surface area contributed by atoms with Crippen LogP contribution in [-0.2, 0) is 36.7 Å². The maximum atomic E-state index is 13.8. The Morgan fingerprint density at radius 1 is 1.00 bits per heavy atom. The van der Waals surface area contributed by atoms with Gasteiger partial charge in [-0.25, -0.2) is 25.8 Å². The van der Waals surface area contributed by atoms with Crippen LogP contribution >= 0.6 is 0 Å². The van der Waals surface area contributed by atoms with Crippen molar-refractivity contribution in [2.75, 3.05) is 14.2 Å². The minimum absolute atomic E-state index is 0. The Hall–Kier alpha value is -2.33. The molecule has 0 spiro atoms. The molecular weight excluding hydrogens is 565 g/mol. The number of hydrogen-bond donors (Lipinski definition) is 0. The summed E-state index contributed by atoms with van der Waals surface area (Å²) in [5.41, 5.74) is 1.96. The predicted octanol–water partition coefficient (Wildman–Crippen LogP) is -0.482. The number of methoxy groups -OCH3 is 2. The van der Waals surface area contributed by atoms with Gasteiger partial charge in [0.2, 0.25) is 5.16 Å². The first-order chi connectivity index (χ1) is 17.4. The van der Waals surface area contributed by atoms with Crippen LogP contribution in [0.4, 0.5) is 0 Å². The van der Waals surface area contributed by atoms with Crippen LogP contribution in [0.15, 0.2) is 63.6 Å². The fraction of sp³-hybridized carbons (Fsp3) is 0.217. The smallest absolute Gasteiger partial charge is 0.744 e. The molecule has 2 aromatic heterocycles. The third-order valence-electron chi connectivity index (χ3n) is 5.65. The number of imidazole rings is 1. The molecule has 1 atom stereocenters. The van der Waals surface area contributed by atoms with Crippen molar-refractivity contribution < 1.29 is 64.6 Å². The van der Waals surface area contributed by atoms with E-state index in [-0.39, 0.29) is 51.5 Å². The molecule has 2 aromatic carbocycles. The first kappa shape index (κ1) is 30.2. The normalized spacial score (nSPS) is 12.7. The second-order valence-corrected chi connectivity index (χ2v) is 12.4. The number of ether oxygens (including phenoxy) is 2. The summed E-state index contributed by atoms with van der Waals surface area (Å²) in [4.78, 5) is 6.95. The summed E-state index contributed by atoms with van der Waals surface area (Å²) < 4.78 is 88.2. The molecule has 11 nitrogen and oxygen atoms in total. The van der Waals surface area contributed by atoms with Crippen LogP contribution < -0.4 is 39.0 Å². The van der Waals surface area contributed by atoms with Gasteiger partial charge in [0.1, 0.15) is 26.5 Å². The van der Waals surface area contributed by atoms with Crippen molar-refractivity contribution in [3.63, 3.8) is 0 Å². The van der Waals surface area contributed by atoms with Crippen molar-refractivity contribution in [2.45, 2.75) is 34.5 Å². The van der Waals surface area contributed by atoms with E-state index in [1.54, 1.807) is 20.0 Å². The molecule has 196 valence electrons. The molecule has 4 aromatic rings. The topological polar surface area (TPSA) is 158 Å². The first-order valence-corrected chi connectivity index (χ1v) is 14.8. The fourth-order valence-electron chi connectivity index (χ4n) is 3.89. The van der Waals surface area contributed by atoms with Crippen molar-refractivity contribution >= 4 is 42.0 Å². The fourth-order valence-corrected chi connectivity index (χ4v) is 8.20. The second kappa shape index (κ2) is 11.4. The Kier molecular flexibility index (Phi) is 9.08. The molecule has 38 heavy (non-hydrogen) atoms. The van der Waals surface area contributed by atoms with Gasteiger partial charge in [0.15, 0.2) is 0 Å². The molecular formula is C23H22N3NaO8S3. The molecule has 4 rings (SSSR count). The van der Waals surface area contributed by atoms with Crippen molar-refractivity contribution in [1.29, 1.82) is 0 Å². The zero-order valence-corrected chi connectivity index (χ0v) is 25.6. The molecule has 0 fully saturated rings. The number of aryl methyl sites for hydroxylation is 1. The molecule has 0 saturated heterocycles. The maximum Gasteiger partial charge on any atom is 1.00 e. The number of rotatable bonds is 8. The Balaban J connectivity index is 0.00000400. The van der Waals surface area contributed by atoms with E-state index in [4.69, 9.17) is 9.47 Å². The van der Waals surface area contributed by atoms with E-state index in [0.717, 1.165) is 17.7 Å². The number of pyridine rings is 1. The molecule has 2 heterocycles. The van der Waals surface area contributed by atoms with Crippen LogP contribution in [0, 0.1) is 13.8 Å². The first-order valence-electron chi connectivity index (χ1n) is 10.6. The third kappa shape index (κ3) is 5.52. The Labute approximate surface area is 244 Å². The van der Waals surface area contributed by atoms with Gasteiger partial charge >= 0.3 is 29.6 Å².